The number of alkyl halides is 2. The van der Waals surface area contributed by atoms with Gasteiger partial charge in [0.1, 0.15) is 0 Å². The van der Waals surface area contributed by atoms with Gasteiger partial charge in [-0.3, -0.25) is 4.68 Å². The Kier molecular flexibility index (Phi) is 2.44. The van der Waals surface area contributed by atoms with E-state index in [0.717, 1.165) is 0 Å². The molecule has 0 atom stereocenters. The third-order valence-corrected chi connectivity index (χ3v) is 2.84. The number of hydrogen-bond acceptors (Lipinski definition) is 2. The van der Waals surface area contributed by atoms with Crippen LogP contribution in [0.3, 0.4) is 0 Å². The molecule has 1 heterocycles. The second kappa shape index (κ2) is 3.54. The summed E-state index contributed by atoms with van der Waals surface area (Å²) in [5.41, 5.74) is 0.767. The molecule has 88 valence electrons. The highest BCUT2D eigenvalue weighted by molar-refractivity contribution is 5.87. The van der Waals surface area contributed by atoms with E-state index < -0.39 is 18.3 Å². The number of carboxylic acids is 1. The van der Waals surface area contributed by atoms with Crippen molar-refractivity contribution >= 4 is 5.97 Å². The maximum atomic E-state index is 13.2. The Morgan fingerprint density at radius 3 is 2.88 bits per heavy atom. The molecule has 0 aromatic carbocycles. The lowest BCUT2D eigenvalue weighted by Gasteiger charge is -2.22. The number of carbonyl (C=O) groups is 1. The number of aromatic nitrogens is 2. The van der Waals surface area contributed by atoms with Gasteiger partial charge in [-0.05, 0) is 13.3 Å². The second-order valence-electron chi connectivity index (χ2n) is 3.93. The largest absolute Gasteiger partial charge is 0.476 e. The summed E-state index contributed by atoms with van der Waals surface area (Å²) in [5, 5.41) is 12.8. The standard InChI is InChI=1S/C10H12F2N2O2/c1-2-14-7-5-10(11,12)4-3-6(7)8(13-14)9(15)16/h2-5H2,1H3,(H,15,16). The molecule has 1 N–H and O–H groups in total. The summed E-state index contributed by atoms with van der Waals surface area (Å²) in [7, 11) is 0. The molecular weight excluding hydrogens is 218 g/mol. The minimum atomic E-state index is -2.74. The van der Waals surface area contributed by atoms with E-state index in [1.807, 2.05) is 0 Å². The van der Waals surface area contributed by atoms with Crippen molar-refractivity contribution in [2.24, 2.45) is 0 Å². The molecule has 1 aliphatic rings. The van der Waals surface area contributed by atoms with Gasteiger partial charge in [0.25, 0.3) is 5.92 Å². The number of aromatic carboxylic acids is 1. The SMILES string of the molecule is CCn1nc(C(=O)O)c2c1CC(F)(F)CC2. The molecule has 0 unspecified atom stereocenters. The van der Waals surface area contributed by atoms with Crippen molar-refractivity contribution in [1.82, 2.24) is 9.78 Å². The van der Waals surface area contributed by atoms with Gasteiger partial charge in [0, 0.05) is 24.2 Å². The maximum Gasteiger partial charge on any atom is 0.356 e. The molecule has 1 aromatic rings. The molecular formula is C10H12F2N2O2. The van der Waals surface area contributed by atoms with Crippen LogP contribution in [0.5, 0.6) is 0 Å². The topological polar surface area (TPSA) is 55.1 Å². The quantitative estimate of drug-likeness (QED) is 0.841. The molecule has 0 saturated carbocycles. The van der Waals surface area contributed by atoms with Gasteiger partial charge in [-0.15, -0.1) is 0 Å². The number of hydrogen-bond donors (Lipinski definition) is 1. The van der Waals surface area contributed by atoms with Gasteiger partial charge in [0.15, 0.2) is 5.69 Å². The monoisotopic (exact) mass is 230 g/mol. The summed E-state index contributed by atoms with van der Waals surface area (Å²) in [6.45, 7) is 2.16. The Hall–Kier alpha value is -1.46. The fourth-order valence-electron chi connectivity index (χ4n) is 2.07. The van der Waals surface area contributed by atoms with Crippen LogP contribution in [0.4, 0.5) is 8.78 Å². The number of halogens is 2. The average Bonchev–Trinajstić information content (AvgIpc) is 2.54. The van der Waals surface area contributed by atoms with Crippen molar-refractivity contribution in [2.45, 2.75) is 38.7 Å². The van der Waals surface area contributed by atoms with Crippen molar-refractivity contribution in [3.63, 3.8) is 0 Å². The normalized spacial score (nSPS) is 18.2. The third kappa shape index (κ3) is 1.68. The minimum Gasteiger partial charge on any atom is -0.476 e. The zero-order chi connectivity index (χ0) is 11.9. The van der Waals surface area contributed by atoms with E-state index in [9.17, 15) is 13.6 Å². The van der Waals surface area contributed by atoms with Crippen LogP contribution in [0.15, 0.2) is 0 Å². The lowest BCUT2D eigenvalue weighted by Crippen LogP contribution is -2.27. The van der Waals surface area contributed by atoms with Crippen LogP contribution in [-0.4, -0.2) is 26.8 Å². The summed E-state index contributed by atoms with van der Waals surface area (Å²) in [6.07, 6.45) is -0.615. The van der Waals surface area contributed by atoms with Crippen molar-refractivity contribution in [3.8, 4) is 0 Å². The lowest BCUT2D eigenvalue weighted by atomic mass is 9.92. The first-order valence-electron chi connectivity index (χ1n) is 5.14. The summed E-state index contributed by atoms with van der Waals surface area (Å²) >= 11 is 0. The molecule has 1 aliphatic carbocycles. The summed E-state index contributed by atoms with van der Waals surface area (Å²) in [5.74, 6) is -3.89. The Labute approximate surface area is 90.9 Å². The molecule has 4 nitrogen and oxygen atoms in total. The summed E-state index contributed by atoms with van der Waals surface area (Å²) in [4.78, 5) is 10.9. The summed E-state index contributed by atoms with van der Waals surface area (Å²) < 4.78 is 27.8. The molecule has 16 heavy (non-hydrogen) atoms. The predicted octanol–water partition coefficient (Wildman–Crippen LogP) is 1.73. The van der Waals surface area contributed by atoms with Crippen molar-refractivity contribution in [2.75, 3.05) is 0 Å². The lowest BCUT2D eigenvalue weighted by molar-refractivity contribution is -0.0143. The molecule has 1 aromatic heterocycles. The number of rotatable bonds is 2. The Bertz CT molecular complexity index is 440. The number of nitrogens with zero attached hydrogens (tertiary/aromatic N) is 2. The van der Waals surface area contributed by atoms with Gasteiger partial charge in [0.05, 0.1) is 6.42 Å². The van der Waals surface area contributed by atoms with Gasteiger partial charge in [-0.2, -0.15) is 5.10 Å². The van der Waals surface area contributed by atoms with Gasteiger partial charge in [-0.1, -0.05) is 0 Å². The van der Waals surface area contributed by atoms with Crippen LogP contribution < -0.4 is 0 Å². The van der Waals surface area contributed by atoms with E-state index in [2.05, 4.69) is 5.10 Å². The first kappa shape index (κ1) is 11.0. The zero-order valence-corrected chi connectivity index (χ0v) is 8.83. The second-order valence-corrected chi connectivity index (χ2v) is 3.93. The Morgan fingerprint density at radius 2 is 2.31 bits per heavy atom. The first-order valence-corrected chi connectivity index (χ1v) is 5.14. The van der Waals surface area contributed by atoms with Crippen LogP contribution in [-0.2, 0) is 19.4 Å². The molecule has 2 rings (SSSR count). The molecule has 0 bridgehead atoms. The van der Waals surface area contributed by atoms with E-state index >= 15 is 0 Å². The molecule has 0 radical (unpaired) electrons. The van der Waals surface area contributed by atoms with E-state index in [0.29, 0.717) is 17.8 Å². The molecule has 6 heteroatoms. The van der Waals surface area contributed by atoms with Gasteiger partial charge in [-0.25, -0.2) is 13.6 Å². The average molecular weight is 230 g/mol. The van der Waals surface area contributed by atoms with Gasteiger partial charge < -0.3 is 5.11 Å². The molecule has 0 aliphatic heterocycles. The van der Waals surface area contributed by atoms with Gasteiger partial charge in [0.2, 0.25) is 0 Å². The molecule has 0 fully saturated rings. The minimum absolute atomic E-state index is 0.0765. The van der Waals surface area contributed by atoms with Crippen molar-refractivity contribution in [1.29, 1.82) is 0 Å². The van der Waals surface area contributed by atoms with Crippen LogP contribution >= 0.6 is 0 Å². The molecule has 0 amide bonds. The first-order chi connectivity index (χ1) is 7.44. The fraction of sp³-hybridized carbons (Fsp3) is 0.600. The zero-order valence-electron chi connectivity index (χ0n) is 8.83. The van der Waals surface area contributed by atoms with E-state index in [4.69, 9.17) is 5.11 Å². The highest BCUT2D eigenvalue weighted by atomic mass is 19.3. The van der Waals surface area contributed by atoms with E-state index in [-0.39, 0.29) is 18.5 Å². The highest BCUT2D eigenvalue weighted by Gasteiger charge is 2.38. The maximum absolute atomic E-state index is 13.2. The molecule has 0 saturated heterocycles. The van der Waals surface area contributed by atoms with E-state index in [1.54, 1.807) is 6.92 Å². The van der Waals surface area contributed by atoms with Crippen LogP contribution in [0.2, 0.25) is 0 Å². The Morgan fingerprint density at radius 1 is 1.62 bits per heavy atom. The number of fused-ring (bicyclic) bond motifs is 1. The van der Waals surface area contributed by atoms with Crippen molar-refractivity contribution < 1.29 is 18.7 Å². The highest BCUT2D eigenvalue weighted by Crippen LogP contribution is 2.34. The van der Waals surface area contributed by atoms with Gasteiger partial charge >= 0.3 is 5.97 Å². The van der Waals surface area contributed by atoms with Crippen LogP contribution in [0.1, 0.15) is 35.1 Å². The van der Waals surface area contributed by atoms with Crippen molar-refractivity contribution in [3.05, 3.63) is 17.0 Å². The number of carboxylic acid groups (broad SMARTS) is 1. The molecule has 0 spiro atoms. The van der Waals surface area contributed by atoms with E-state index in [1.165, 1.54) is 4.68 Å². The van der Waals surface area contributed by atoms with Crippen LogP contribution in [0.25, 0.3) is 0 Å². The smallest absolute Gasteiger partial charge is 0.356 e. The van der Waals surface area contributed by atoms with Crippen LogP contribution in [0, 0.1) is 0 Å². The fourth-order valence-corrected chi connectivity index (χ4v) is 2.07. The third-order valence-electron chi connectivity index (χ3n) is 2.84. The Balaban J connectivity index is 2.50. The summed E-state index contributed by atoms with van der Waals surface area (Å²) in [6, 6.07) is 0. The predicted molar refractivity (Wildman–Crippen MR) is 51.8 cm³/mol. The number of aryl methyl sites for hydroxylation is 1.